The predicted molar refractivity (Wildman–Crippen MR) is 59.4 cm³/mol. The maximum atomic E-state index is 10.7. The van der Waals surface area contributed by atoms with Gasteiger partial charge in [-0.1, -0.05) is 0 Å². The van der Waals surface area contributed by atoms with Crippen LogP contribution in [0, 0.1) is 11.3 Å². The highest BCUT2D eigenvalue weighted by atomic mass is 28.4. The number of hydrogen-bond acceptors (Lipinski definition) is 4. The van der Waals surface area contributed by atoms with Crippen molar-refractivity contribution in [3.63, 3.8) is 0 Å². The van der Waals surface area contributed by atoms with Crippen molar-refractivity contribution < 1.29 is 19.1 Å². The van der Waals surface area contributed by atoms with Crippen molar-refractivity contribution in [2.24, 2.45) is 0 Å². The summed E-state index contributed by atoms with van der Waals surface area (Å²) in [4.78, 5) is 10.7. The average molecular weight is 243 g/mol. The molecule has 2 atom stereocenters. The van der Waals surface area contributed by atoms with Gasteiger partial charge in [-0.15, -0.1) is 0 Å². The largest absolute Gasteiger partial charge is 0.479 e. The fourth-order valence-electron chi connectivity index (χ4n) is 1.48. The molecule has 1 fully saturated rings. The van der Waals surface area contributed by atoms with E-state index in [0.717, 1.165) is 0 Å². The van der Waals surface area contributed by atoms with Crippen LogP contribution in [-0.4, -0.2) is 37.7 Å². The van der Waals surface area contributed by atoms with Crippen LogP contribution in [0.5, 0.6) is 0 Å². The van der Waals surface area contributed by atoms with E-state index in [-0.39, 0.29) is 6.61 Å². The summed E-state index contributed by atoms with van der Waals surface area (Å²) in [5, 5.41) is 17.9. The molecular formula is C10H17NO4Si. The molecule has 1 aliphatic heterocycles. The molecule has 0 saturated carbocycles. The molecule has 0 aromatic heterocycles. The Labute approximate surface area is 96.1 Å². The molecule has 0 spiro atoms. The van der Waals surface area contributed by atoms with E-state index in [1.165, 1.54) is 0 Å². The molecule has 0 aromatic rings. The van der Waals surface area contributed by atoms with Gasteiger partial charge in [0.1, 0.15) is 6.07 Å². The van der Waals surface area contributed by atoms with Crippen LogP contribution in [0.1, 0.15) is 12.8 Å². The summed E-state index contributed by atoms with van der Waals surface area (Å²) in [5.74, 6) is -1.01. The molecule has 1 aliphatic rings. The van der Waals surface area contributed by atoms with E-state index in [2.05, 4.69) is 0 Å². The highest BCUT2D eigenvalue weighted by Gasteiger charge is 2.44. The molecule has 1 heterocycles. The Morgan fingerprint density at radius 2 is 2.31 bits per heavy atom. The Hall–Kier alpha value is -0.903. The number of nitrogens with zero attached hydrogens (tertiary/aromatic N) is 1. The third-order valence-corrected chi connectivity index (χ3v) is 3.41. The third-order valence-electron chi connectivity index (χ3n) is 2.40. The molecule has 6 heteroatoms. The topological polar surface area (TPSA) is 79.5 Å². The fraction of sp³-hybridized carbons (Fsp3) is 0.800. The van der Waals surface area contributed by atoms with Crippen LogP contribution in [0.15, 0.2) is 0 Å². The van der Waals surface area contributed by atoms with Gasteiger partial charge < -0.3 is 14.3 Å². The minimum absolute atomic E-state index is 0.170. The van der Waals surface area contributed by atoms with Crippen LogP contribution < -0.4 is 0 Å². The maximum absolute atomic E-state index is 10.7. The highest BCUT2D eigenvalue weighted by Crippen LogP contribution is 2.31. The Balaban J connectivity index is 2.61. The molecule has 0 radical (unpaired) electrons. The molecule has 90 valence electrons. The Bertz CT molecular complexity index is 320. The van der Waals surface area contributed by atoms with E-state index in [1.807, 2.05) is 25.7 Å². The fourth-order valence-corrected chi connectivity index (χ4v) is 2.15. The normalized spacial score (nSPS) is 30.0. The lowest BCUT2D eigenvalue weighted by atomic mass is 10.0. The molecule has 0 amide bonds. The molecule has 1 saturated heterocycles. The smallest absolute Gasteiger partial charge is 0.332 e. The van der Waals surface area contributed by atoms with Crippen molar-refractivity contribution in [2.45, 2.75) is 44.2 Å². The van der Waals surface area contributed by atoms with Crippen molar-refractivity contribution in [1.82, 2.24) is 0 Å². The second-order valence-corrected chi connectivity index (χ2v) is 9.50. The van der Waals surface area contributed by atoms with Crippen molar-refractivity contribution >= 4 is 14.3 Å². The van der Waals surface area contributed by atoms with Gasteiger partial charge in [-0.05, 0) is 32.5 Å². The SMILES string of the molecule is C[Si](C)(C)OCC1(C#N)CCC(C(=O)O)O1. The molecule has 1 rings (SSSR count). The Morgan fingerprint density at radius 1 is 1.69 bits per heavy atom. The first-order chi connectivity index (χ1) is 7.28. The number of hydrogen-bond donors (Lipinski definition) is 1. The summed E-state index contributed by atoms with van der Waals surface area (Å²) in [6.45, 7) is 6.22. The molecule has 0 aromatic carbocycles. The molecule has 1 N–H and O–H groups in total. The molecule has 5 nitrogen and oxygen atoms in total. The molecule has 0 bridgehead atoms. The zero-order chi connectivity index (χ0) is 12.4. The van der Waals surface area contributed by atoms with E-state index >= 15 is 0 Å². The lowest BCUT2D eigenvalue weighted by Gasteiger charge is -2.26. The third kappa shape index (κ3) is 3.30. The van der Waals surface area contributed by atoms with Gasteiger partial charge in [-0.25, -0.2) is 4.79 Å². The first kappa shape index (κ1) is 13.2. The van der Waals surface area contributed by atoms with E-state index in [9.17, 15) is 4.79 Å². The number of carbonyl (C=O) groups is 1. The van der Waals surface area contributed by atoms with Gasteiger partial charge in [0, 0.05) is 0 Å². The summed E-state index contributed by atoms with van der Waals surface area (Å²) >= 11 is 0. The van der Waals surface area contributed by atoms with Gasteiger partial charge in [-0.3, -0.25) is 0 Å². The van der Waals surface area contributed by atoms with Gasteiger partial charge in [0.2, 0.25) is 0 Å². The summed E-state index contributed by atoms with van der Waals surface area (Å²) in [6, 6.07) is 2.05. The van der Waals surface area contributed by atoms with Crippen molar-refractivity contribution in [3.8, 4) is 6.07 Å². The molecule has 16 heavy (non-hydrogen) atoms. The number of carboxylic acid groups (broad SMARTS) is 1. The number of ether oxygens (including phenoxy) is 1. The van der Waals surface area contributed by atoms with E-state index in [1.54, 1.807) is 0 Å². The van der Waals surface area contributed by atoms with Gasteiger partial charge in [0.05, 0.1) is 6.61 Å². The quantitative estimate of drug-likeness (QED) is 0.754. The first-order valence-corrected chi connectivity index (χ1v) is 8.65. The van der Waals surface area contributed by atoms with Gasteiger partial charge in [-0.2, -0.15) is 5.26 Å². The monoisotopic (exact) mass is 243 g/mol. The number of rotatable bonds is 4. The standard InChI is InChI=1S/C10H17NO4Si/c1-16(2,3)14-7-10(6-11)5-4-8(15-10)9(12)13/h8H,4-5,7H2,1-3H3,(H,12,13). The zero-order valence-corrected chi connectivity index (χ0v) is 10.8. The van der Waals surface area contributed by atoms with E-state index < -0.39 is 26.0 Å². The molecule has 0 aliphatic carbocycles. The van der Waals surface area contributed by atoms with Crippen LogP contribution in [0.4, 0.5) is 0 Å². The Morgan fingerprint density at radius 3 is 2.69 bits per heavy atom. The van der Waals surface area contributed by atoms with Crippen LogP contribution >= 0.6 is 0 Å². The predicted octanol–water partition coefficient (Wildman–Crippen LogP) is 1.36. The number of nitriles is 1. The number of aliphatic carboxylic acids is 1. The van der Waals surface area contributed by atoms with E-state index in [4.69, 9.17) is 19.5 Å². The minimum atomic E-state index is -1.72. The van der Waals surface area contributed by atoms with Crippen molar-refractivity contribution in [1.29, 1.82) is 5.26 Å². The van der Waals surface area contributed by atoms with Crippen LogP contribution in [0.2, 0.25) is 19.6 Å². The van der Waals surface area contributed by atoms with Crippen LogP contribution in [0.25, 0.3) is 0 Å². The highest BCUT2D eigenvalue weighted by molar-refractivity contribution is 6.69. The number of carboxylic acids is 1. The zero-order valence-electron chi connectivity index (χ0n) is 9.82. The lowest BCUT2D eigenvalue weighted by Crippen LogP contribution is -2.39. The summed E-state index contributed by atoms with van der Waals surface area (Å²) < 4.78 is 10.9. The van der Waals surface area contributed by atoms with Gasteiger partial charge in [0.25, 0.3) is 0 Å². The average Bonchev–Trinajstić information content (AvgIpc) is 2.59. The van der Waals surface area contributed by atoms with Crippen molar-refractivity contribution in [2.75, 3.05) is 6.61 Å². The van der Waals surface area contributed by atoms with Crippen molar-refractivity contribution in [3.05, 3.63) is 0 Å². The maximum Gasteiger partial charge on any atom is 0.332 e. The summed E-state index contributed by atoms with van der Waals surface area (Å²) in [7, 11) is -1.72. The lowest BCUT2D eigenvalue weighted by molar-refractivity contribution is -0.152. The van der Waals surface area contributed by atoms with Gasteiger partial charge >= 0.3 is 5.97 Å². The van der Waals surface area contributed by atoms with Crippen LogP contribution in [-0.2, 0) is 14.0 Å². The Kier molecular flexibility index (Phi) is 3.73. The molecule has 2 unspecified atom stereocenters. The summed E-state index contributed by atoms with van der Waals surface area (Å²) in [5.41, 5.74) is -1.07. The first-order valence-electron chi connectivity index (χ1n) is 5.24. The summed E-state index contributed by atoms with van der Waals surface area (Å²) in [6.07, 6.45) is -0.0759. The van der Waals surface area contributed by atoms with Gasteiger partial charge in [0.15, 0.2) is 20.0 Å². The van der Waals surface area contributed by atoms with E-state index in [0.29, 0.717) is 12.8 Å². The minimum Gasteiger partial charge on any atom is -0.479 e. The second kappa shape index (κ2) is 4.53. The molecular weight excluding hydrogens is 226 g/mol. The second-order valence-electron chi connectivity index (χ2n) is 4.99. The van der Waals surface area contributed by atoms with Crippen LogP contribution in [0.3, 0.4) is 0 Å².